The van der Waals surface area contributed by atoms with E-state index < -0.39 is 0 Å². The second-order valence-electron chi connectivity index (χ2n) is 4.45. The average Bonchev–Trinajstić information content (AvgIpc) is 2.03. The van der Waals surface area contributed by atoms with Crippen molar-refractivity contribution in [2.45, 2.75) is 33.7 Å². The van der Waals surface area contributed by atoms with Crippen molar-refractivity contribution in [2.75, 3.05) is 13.1 Å². The summed E-state index contributed by atoms with van der Waals surface area (Å²) in [4.78, 5) is 2.20. The molecule has 0 aliphatic heterocycles. The minimum atomic E-state index is 0.00963. The van der Waals surface area contributed by atoms with Gasteiger partial charge in [-0.15, -0.1) is 6.58 Å². The Labute approximate surface area is 88.2 Å². The summed E-state index contributed by atoms with van der Waals surface area (Å²) < 4.78 is 0. The van der Waals surface area contributed by atoms with Crippen LogP contribution in [0.1, 0.15) is 27.7 Å². The van der Waals surface area contributed by atoms with Crippen LogP contribution in [0.15, 0.2) is 12.7 Å². The van der Waals surface area contributed by atoms with Crippen LogP contribution < -0.4 is 0 Å². The number of nitriles is 1. The largest absolute Gasteiger partial charge is 0.284 e. The van der Waals surface area contributed by atoms with Crippen molar-refractivity contribution in [3.8, 4) is 6.07 Å². The van der Waals surface area contributed by atoms with Gasteiger partial charge >= 0.3 is 0 Å². The van der Waals surface area contributed by atoms with Crippen LogP contribution in [0.5, 0.6) is 0 Å². The predicted molar refractivity (Wildman–Crippen MR) is 60.8 cm³/mol. The van der Waals surface area contributed by atoms with Crippen molar-refractivity contribution < 1.29 is 0 Å². The molecule has 0 saturated carbocycles. The van der Waals surface area contributed by atoms with Gasteiger partial charge in [-0.1, -0.05) is 33.8 Å². The summed E-state index contributed by atoms with van der Waals surface area (Å²) in [5.74, 6) is 0.961. The molecule has 0 rings (SSSR count). The molecule has 1 atom stereocenters. The quantitative estimate of drug-likeness (QED) is 0.608. The maximum Gasteiger partial charge on any atom is 0.100 e. The molecule has 0 heterocycles. The molecule has 80 valence electrons. The molecule has 0 aromatic rings. The first-order chi connectivity index (χ1) is 6.52. The first kappa shape index (κ1) is 13.2. The highest BCUT2D eigenvalue weighted by atomic mass is 15.2. The van der Waals surface area contributed by atoms with Crippen LogP contribution in [0.3, 0.4) is 0 Å². The number of hydrogen-bond donors (Lipinski definition) is 0. The van der Waals surface area contributed by atoms with Crippen LogP contribution in [-0.2, 0) is 0 Å². The fourth-order valence-electron chi connectivity index (χ4n) is 1.59. The van der Waals surface area contributed by atoms with E-state index in [1.54, 1.807) is 0 Å². The third-order valence-electron chi connectivity index (χ3n) is 2.12. The van der Waals surface area contributed by atoms with E-state index in [0.29, 0.717) is 11.8 Å². The minimum absolute atomic E-state index is 0.00963. The molecule has 0 aromatic heterocycles. The molecule has 0 spiro atoms. The molecule has 0 saturated heterocycles. The molecule has 1 unspecified atom stereocenters. The van der Waals surface area contributed by atoms with Crippen molar-refractivity contribution in [3.05, 3.63) is 12.7 Å². The van der Waals surface area contributed by atoms with Crippen LogP contribution in [0.2, 0.25) is 0 Å². The van der Waals surface area contributed by atoms with E-state index in [4.69, 9.17) is 5.26 Å². The summed E-state index contributed by atoms with van der Waals surface area (Å²) in [5.41, 5.74) is 0. The second kappa shape index (κ2) is 6.62. The van der Waals surface area contributed by atoms with Crippen molar-refractivity contribution >= 4 is 0 Å². The highest BCUT2D eigenvalue weighted by Gasteiger charge is 2.20. The molecule has 0 aromatic carbocycles. The fraction of sp³-hybridized carbons (Fsp3) is 0.750. The van der Waals surface area contributed by atoms with Crippen LogP contribution in [-0.4, -0.2) is 24.0 Å². The zero-order valence-electron chi connectivity index (χ0n) is 9.83. The van der Waals surface area contributed by atoms with Crippen molar-refractivity contribution in [2.24, 2.45) is 11.8 Å². The van der Waals surface area contributed by atoms with E-state index in [-0.39, 0.29) is 6.04 Å². The lowest BCUT2D eigenvalue weighted by atomic mass is 10.0. The Bertz CT molecular complexity index is 201. The van der Waals surface area contributed by atoms with Gasteiger partial charge in [-0.3, -0.25) is 4.90 Å². The zero-order valence-corrected chi connectivity index (χ0v) is 9.83. The summed E-state index contributed by atoms with van der Waals surface area (Å²) in [6.45, 7) is 14.0. The Balaban J connectivity index is 4.44. The average molecular weight is 194 g/mol. The third-order valence-corrected chi connectivity index (χ3v) is 2.12. The molecule has 0 fully saturated rings. The van der Waals surface area contributed by atoms with E-state index in [9.17, 15) is 0 Å². The molecular formula is C12H22N2. The maximum absolute atomic E-state index is 9.08. The molecule has 0 N–H and O–H groups in total. The van der Waals surface area contributed by atoms with Crippen LogP contribution in [0.25, 0.3) is 0 Å². The predicted octanol–water partition coefficient (Wildman–Crippen LogP) is 2.68. The first-order valence-electron chi connectivity index (χ1n) is 5.27. The highest BCUT2D eigenvalue weighted by molar-refractivity contribution is 4.96. The van der Waals surface area contributed by atoms with Gasteiger partial charge in [-0.2, -0.15) is 5.26 Å². The Kier molecular flexibility index (Phi) is 6.23. The summed E-state index contributed by atoms with van der Waals surface area (Å²) in [7, 11) is 0. The van der Waals surface area contributed by atoms with Gasteiger partial charge in [0.2, 0.25) is 0 Å². The number of hydrogen-bond acceptors (Lipinski definition) is 2. The van der Waals surface area contributed by atoms with E-state index in [0.717, 1.165) is 13.1 Å². The molecule has 0 aliphatic carbocycles. The van der Waals surface area contributed by atoms with Gasteiger partial charge in [0.15, 0.2) is 0 Å². The SMILES string of the molecule is C=CCN(CC(C)C)C(C#N)C(C)C. The van der Waals surface area contributed by atoms with Crippen molar-refractivity contribution in [1.82, 2.24) is 4.90 Å². The zero-order chi connectivity index (χ0) is 11.1. The van der Waals surface area contributed by atoms with Gasteiger partial charge in [-0.25, -0.2) is 0 Å². The minimum Gasteiger partial charge on any atom is -0.284 e. The monoisotopic (exact) mass is 194 g/mol. The summed E-state index contributed by atoms with van der Waals surface area (Å²) in [6.07, 6.45) is 1.87. The van der Waals surface area contributed by atoms with Gasteiger partial charge in [0.05, 0.1) is 6.07 Å². The molecule has 2 heteroatoms. The van der Waals surface area contributed by atoms with Crippen LogP contribution in [0, 0.1) is 23.2 Å². The number of rotatable bonds is 6. The van der Waals surface area contributed by atoms with E-state index in [2.05, 4.69) is 45.2 Å². The van der Waals surface area contributed by atoms with Gasteiger partial charge in [0.25, 0.3) is 0 Å². The highest BCUT2D eigenvalue weighted by Crippen LogP contribution is 2.12. The van der Waals surface area contributed by atoms with Crippen molar-refractivity contribution in [1.29, 1.82) is 5.26 Å². The lowest BCUT2D eigenvalue weighted by molar-refractivity contribution is 0.193. The first-order valence-corrected chi connectivity index (χ1v) is 5.27. The topological polar surface area (TPSA) is 27.0 Å². The molecular weight excluding hydrogens is 172 g/mol. The summed E-state index contributed by atoms with van der Waals surface area (Å²) in [6, 6.07) is 2.38. The standard InChI is InChI=1S/C12H22N2/c1-6-7-14(9-10(2)3)12(8-13)11(4)5/h6,10-12H,1,7,9H2,2-5H3. The Morgan fingerprint density at radius 3 is 2.21 bits per heavy atom. The Hall–Kier alpha value is -0.810. The molecule has 14 heavy (non-hydrogen) atoms. The molecule has 0 radical (unpaired) electrons. The molecule has 0 aliphatic rings. The van der Waals surface area contributed by atoms with Crippen LogP contribution >= 0.6 is 0 Å². The lowest BCUT2D eigenvalue weighted by Crippen LogP contribution is -2.40. The van der Waals surface area contributed by atoms with E-state index in [1.807, 2.05) is 6.08 Å². The summed E-state index contributed by atoms with van der Waals surface area (Å²) >= 11 is 0. The van der Waals surface area contributed by atoms with Gasteiger partial charge in [-0.05, 0) is 11.8 Å². The molecule has 0 bridgehead atoms. The van der Waals surface area contributed by atoms with Crippen molar-refractivity contribution in [3.63, 3.8) is 0 Å². The summed E-state index contributed by atoms with van der Waals surface area (Å²) in [5, 5.41) is 9.08. The van der Waals surface area contributed by atoms with E-state index in [1.165, 1.54) is 0 Å². The number of nitrogens with zero attached hydrogens (tertiary/aromatic N) is 2. The Morgan fingerprint density at radius 2 is 1.93 bits per heavy atom. The second-order valence-corrected chi connectivity index (χ2v) is 4.45. The van der Waals surface area contributed by atoms with Gasteiger partial charge < -0.3 is 0 Å². The molecule has 0 amide bonds. The normalized spacial score (nSPS) is 13.3. The smallest absolute Gasteiger partial charge is 0.100 e. The van der Waals surface area contributed by atoms with Gasteiger partial charge in [0, 0.05) is 13.1 Å². The maximum atomic E-state index is 9.08. The van der Waals surface area contributed by atoms with Gasteiger partial charge in [0.1, 0.15) is 6.04 Å². The lowest BCUT2D eigenvalue weighted by Gasteiger charge is -2.29. The fourth-order valence-corrected chi connectivity index (χ4v) is 1.59. The van der Waals surface area contributed by atoms with E-state index >= 15 is 0 Å². The molecule has 2 nitrogen and oxygen atoms in total. The van der Waals surface area contributed by atoms with Crippen LogP contribution in [0.4, 0.5) is 0 Å². The Morgan fingerprint density at radius 1 is 1.36 bits per heavy atom. The third kappa shape index (κ3) is 4.43.